The van der Waals surface area contributed by atoms with Gasteiger partial charge in [-0.2, -0.15) is 0 Å². The summed E-state index contributed by atoms with van der Waals surface area (Å²) in [7, 11) is 1.31. The highest BCUT2D eigenvalue weighted by Crippen LogP contribution is 2.28. The number of esters is 1. The Morgan fingerprint density at radius 2 is 1.95 bits per heavy atom. The van der Waals surface area contributed by atoms with Crippen LogP contribution in [0.3, 0.4) is 0 Å². The van der Waals surface area contributed by atoms with Crippen molar-refractivity contribution in [1.82, 2.24) is 4.90 Å². The van der Waals surface area contributed by atoms with Gasteiger partial charge in [-0.1, -0.05) is 17.7 Å². The SMILES string of the molecule is COC(=O)[C@@H]1Cc2ccc(Cl)cc2CN1C(=O)OC(C)(C)C. The van der Waals surface area contributed by atoms with Gasteiger partial charge in [0.1, 0.15) is 11.6 Å². The number of methoxy groups -OCH3 is 1. The van der Waals surface area contributed by atoms with Gasteiger partial charge in [-0.25, -0.2) is 9.59 Å². The van der Waals surface area contributed by atoms with Crippen LogP contribution >= 0.6 is 11.6 Å². The Hall–Kier alpha value is -1.75. The van der Waals surface area contributed by atoms with Crippen molar-refractivity contribution in [2.45, 2.75) is 45.4 Å². The van der Waals surface area contributed by atoms with Crippen molar-refractivity contribution in [2.24, 2.45) is 0 Å². The van der Waals surface area contributed by atoms with Crippen molar-refractivity contribution >= 4 is 23.7 Å². The minimum atomic E-state index is -0.687. The average molecular weight is 326 g/mol. The van der Waals surface area contributed by atoms with Gasteiger partial charge in [0.2, 0.25) is 0 Å². The number of halogens is 1. The molecule has 1 atom stereocenters. The average Bonchev–Trinajstić information content (AvgIpc) is 2.43. The van der Waals surface area contributed by atoms with Crippen LogP contribution in [0.1, 0.15) is 31.9 Å². The van der Waals surface area contributed by atoms with Crippen molar-refractivity contribution < 1.29 is 19.1 Å². The number of hydrogen-bond donors (Lipinski definition) is 0. The van der Waals surface area contributed by atoms with E-state index in [9.17, 15) is 9.59 Å². The van der Waals surface area contributed by atoms with E-state index in [0.29, 0.717) is 11.4 Å². The van der Waals surface area contributed by atoms with Gasteiger partial charge in [0, 0.05) is 11.4 Å². The summed E-state index contributed by atoms with van der Waals surface area (Å²) in [6.45, 7) is 5.62. The first kappa shape index (κ1) is 16.6. The highest BCUT2D eigenvalue weighted by Gasteiger charge is 2.37. The van der Waals surface area contributed by atoms with Crippen molar-refractivity contribution in [3.05, 3.63) is 34.3 Å². The number of carbonyl (C=O) groups is 2. The van der Waals surface area contributed by atoms with Gasteiger partial charge in [-0.15, -0.1) is 0 Å². The second-order valence-electron chi connectivity index (χ2n) is 6.26. The zero-order chi connectivity index (χ0) is 16.5. The number of amides is 1. The van der Waals surface area contributed by atoms with Gasteiger partial charge in [-0.3, -0.25) is 4.90 Å². The van der Waals surface area contributed by atoms with Gasteiger partial charge >= 0.3 is 12.1 Å². The predicted octanol–water partition coefficient (Wildman–Crippen LogP) is 3.17. The molecule has 1 heterocycles. The summed E-state index contributed by atoms with van der Waals surface area (Å²) in [4.78, 5) is 25.8. The normalized spacial score (nSPS) is 17.7. The summed E-state index contributed by atoms with van der Waals surface area (Å²) in [5.74, 6) is -0.452. The maximum Gasteiger partial charge on any atom is 0.411 e. The molecule has 22 heavy (non-hydrogen) atoms. The molecule has 0 saturated heterocycles. The van der Waals surface area contributed by atoms with Gasteiger partial charge < -0.3 is 9.47 Å². The molecule has 0 unspecified atom stereocenters. The molecule has 1 aromatic rings. The topological polar surface area (TPSA) is 55.8 Å². The fourth-order valence-corrected chi connectivity index (χ4v) is 2.61. The Labute approximate surface area is 135 Å². The molecule has 1 aromatic carbocycles. The summed E-state index contributed by atoms with van der Waals surface area (Å²) in [5.41, 5.74) is 1.27. The van der Waals surface area contributed by atoms with Crippen LogP contribution in [0.15, 0.2) is 18.2 Å². The Bertz CT molecular complexity index is 594. The lowest BCUT2D eigenvalue weighted by molar-refractivity contribution is -0.147. The van der Waals surface area contributed by atoms with E-state index in [0.717, 1.165) is 11.1 Å². The van der Waals surface area contributed by atoms with Crippen LogP contribution in [0.25, 0.3) is 0 Å². The van der Waals surface area contributed by atoms with Gasteiger partial charge in [-0.05, 0) is 44.0 Å². The third kappa shape index (κ3) is 3.71. The molecule has 0 fully saturated rings. The van der Waals surface area contributed by atoms with Crippen molar-refractivity contribution in [2.75, 3.05) is 7.11 Å². The summed E-state index contributed by atoms with van der Waals surface area (Å²) in [6, 6.07) is 4.77. The molecular formula is C16H20ClNO4. The molecule has 2 rings (SSSR count). The zero-order valence-corrected chi connectivity index (χ0v) is 13.9. The maximum atomic E-state index is 12.4. The molecular weight excluding hydrogens is 306 g/mol. The smallest absolute Gasteiger partial charge is 0.411 e. The summed E-state index contributed by atoms with van der Waals surface area (Å²) < 4.78 is 10.2. The van der Waals surface area contributed by atoms with Crippen molar-refractivity contribution in [3.8, 4) is 0 Å². The highest BCUT2D eigenvalue weighted by atomic mass is 35.5. The van der Waals surface area contributed by atoms with E-state index in [1.165, 1.54) is 12.0 Å². The first-order valence-corrected chi connectivity index (χ1v) is 7.44. The lowest BCUT2D eigenvalue weighted by Gasteiger charge is -2.36. The molecule has 1 aliphatic heterocycles. The fraction of sp³-hybridized carbons (Fsp3) is 0.500. The second-order valence-corrected chi connectivity index (χ2v) is 6.70. The number of hydrogen-bond acceptors (Lipinski definition) is 4. The number of ether oxygens (including phenoxy) is 2. The third-order valence-corrected chi connectivity index (χ3v) is 3.63. The molecule has 120 valence electrons. The second kappa shape index (κ2) is 6.16. The quantitative estimate of drug-likeness (QED) is 0.744. The van der Waals surface area contributed by atoms with Crippen LogP contribution in [-0.4, -0.2) is 35.7 Å². The van der Waals surface area contributed by atoms with Crippen LogP contribution in [0.2, 0.25) is 5.02 Å². The van der Waals surface area contributed by atoms with Crippen LogP contribution in [-0.2, 0) is 27.2 Å². The third-order valence-electron chi connectivity index (χ3n) is 3.40. The molecule has 1 aliphatic rings. The van der Waals surface area contributed by atoms with E-state index in [1.807, 2.05) is 12.1 Å². The van der Waals surface area contributed by atoms with E-state index in [4.69, 9.17) is 21.1 Å². The Morgan fingerprint density at radius 3 is 2.55 bits per heavy atom. The van der Waals surface area contributed by atoms with Crippen LogP contribution in [0, 0.1) is 0 Å². The Balaban J connectivity index is 2.32. The zero-order valence-electron chi connectivity index (χ0n) is 13.2. The van der Waals surface area contributed by atoms with Crippen LogP contribution in [0.4, 0.5) is 4.79 Å². The lowest BCUT2D eigenvalue weighted by atomic mass is 9.94. The van der Waals surface area contributed by atoms with E-state index in [-0.39, 0.29) is 6.54 Å². The number of benzene rings is 1. The predicted molar refractivity (Wildman–Crippen MR) is 82.7 cm³/mol. The van der Waals surface area contributed by atoms with E-state index in [2.05, 4.69) is 0 Å². The monoisotopic (exact) mass is 325 g/mol. The molecule has 1 amide bonds. The standard InChI is InChI=1S/C16H20ClNO4/c1-16(2,3)22-15(20)18-9-11-7-12(17)6-5-10(11)8-13(18)14(19)21-4/h5-7,13H,8-9H2,1-4H3/t13-/m0/s1. The van der Waals surface area contributed by atoms with Gasteiger partial charge in [0.15, 0.2) is 0 Å². The minimum absolute atomic E-state index is 0.268. The molecule has 0 aromatic heterocycles. The van der Waals surface area contributed by atoms with E-state index < -0.39 is 23.7 Å². The number of rotatable bonds is 1. The molecule has 0 N–H and O–H groups in total. The van der Waals surface area contributed by atoms with Crippen molar-refractivity contribution in [3.63, 3.8) is 0 Å². The number of carbonyl (C=O) groups excluding carboxylic acids is 2. The first-order valence-electron chi connectivity index (χ1n) is 7.06. The summed E-state index contributed by atoms with van der Waals surface area (Å²) in [6.07, 6.45) is -0.146. The molecule has 0 saturated carbocycles. The van der Waals surface area contributed by atoms with Crippen LogP contribution < -0.4 is 0 Å². The maximum absolute atomic E-state index is 12.4. The van der Waals surface area contributed by atoms with Crippen LogP contribution in [0.5, 0.6) is 0 Å². The molecule has 0 spiro atoms. The Morgan fingerprint density at radius 1 is 1.27 bits per heavy atom. The van der Waals surface area contributed by atoms with E-state index in [1.54, 1.807) is 26.8 Å². The summed E-state index contributed by atoms with van der Waals surface area (Å²) in [5, 5.41) is 0.597. The number of fused-ring (bicyclic) bond motifs is 1. The first-order chi connectivity index (χ1) is 10.2. The summed E-state index contributed by atoms with van der Waals surface area (Å²) >= 11 is 6.01. The molecule has 0 aliphatic carbocycles. The van der Waals surface area contributed by atoms with E-state index >= 15 is 0 Å². The Kier molecular flexibility index (Phi) is 4.66. The molecule has 6 heteroatoms. The minimum Gasteiger partial charge on any atom is -0.467 e. The number of nitrogens with zero attached hydrogens (tertiary/aromatic N) is 1. The van der Waals surface area contributed by atoms with Crippen molar-refractivity contribution in [1.29, 1.82) is 0 Å². The van der Waals surface area contributed by atoms with Gasteiger partial charge in [0.05, 0.1) is 13.7 Å². The largest absolute Gasteiger partial charge is 0.467 e. The fourth-order valence-electron chi connectivity index (χ4n) is 2.41. The highest BCUT2D eigenvalue weighted by molar-refractivity contribution is 6.30. The van der Waals surface area contributed by atoms with Gasteiger partial charge in [0.25, 0.3) is 0 Å². The lowest BCUT2D eigenvalue weighted by Crippen LogP contribution is -2.50. The molecule has 5 nitrogen and oxygen atoms in total. The molecule has 0 radical (unpaired) electrons. The molecule has 0 bridgehead atoms.